The van der Waals surface area contributed by atoms with Crippen LogP contribution in [0.15, 0.2) is 36.4 Å². The number of hydrogen-bond donors (Lipinski definition) is 0. The molecule has 2 aromatic rings. The van der Waals surface area contributed by atoms with E-state index in [2.05, 4.69) is 0 Å². The number of rotatable bonds is 10. The van der Waals surface area contributed by atoms with E-state index in [1.54, 1.807) is 26.0 Å². The van der Waals surface area contributed by atoms with Crippen molar-refractivity contribution in [2.24, 2.45) is 0 Å². The number of carbonyl (C=O) groups is 6. The van der Waals surface area contributed by atoms with E-state index in [1.165, 1.54) is 24.3 Å². The van der Waals surface area contributed by atoms with Gasteiger partial charge in [-0.2, -0.15) is 0 Å². The Hall–Kier alpha value is -4.34. The third-order valence-corrected chi connectivity index (χ3v) is 5.13. The summed E-state index contributed by atoms with van der Waals surface area (Å²) in [6.45, 7) is 3.54. The van der Waals surface area contributed by atoms with Crippen molar-refractivity contribution in [3.63, 3.8) is 0 Å². The summed E-state index contributed by atoms with van der Waals surface area (Å²) in [6, 6.07) is 8.70. The zero-order valence-corrected chi connectivity index (χ0v) is 19.8. The van der Waals surface area contributed by atoms with E-state index in [-0.39, 0.29) is 66.9 Å². The summed E-state index contributed by atoms with van der Waals surface area (Å²) in [6.07, 6.45) is -1.22. The molecule has 0 amide bonds. The van der Waals surface area contributed by atoms with Gasteiger partial charge in [0.15, 0.2) is 23.1 Å². The first kappa shape index (κ1) is 26.3. The van der Waals surface area contributed by atoms with Gasteiger partial charge in [-0.1, -0.05) is 24.3 Å². The zero-order valence-electron chi connectivity index (χ0n) is 19.8. The third kappa shape index (κ3) is 6.01. The first-order valence-electron chi connectivity index (χ1n) is 11.3. The minimum atomic E-state index is -0.903. The molecule has 10 heteroatoms. The first-order chi connectivity index (χ1) is 17.3. The fourth-order valence-corrected chi connectivity index (χ4v) is 3.53. The molecule has 0 saturated heterocycles. The highest BCUT2D eigenvalue weighted by Gasteiger charge is 2.35. The Balaban J connectivity index is 1.93. The normalized spacial score (nSPS) is 11.7. The number of benzene rings is 2. The van der Waals surface area contributed by atoms with Crippen LogP contribution in [0, 0.1) is 0 Å². The maximum absolute atomic E-state index is 13.3. The van der Waals surface area contributed by atoms with E-state index in [9.17, 15) is 28.8 Å². The largest absolute Gasteiger partial charge is 0.466 e. The van der Waals surface area contributed by atoms with Crippen LogP contribution < -0.4 is 9.47 Å². The molecule has 0 bridgehead atoms. The smallest absolute Gasteiger partial charge is 0.311 e. The van der Waals surface area contributed by atoms with Crippen molar-refractivity contribution in [2.45, 2.75) is 39.5 Å². The average molecular weight is 496 g/mol. The summed E-state index contributed by atoms with van der Waals surface area (Å²) in [5, 5.41) is 0. The van der Waals surface area contributed by atoms with Crippen molar-refractivity contribution in [1.82, 2.24) is 0 Å². The van der Waals surface area contributed by atoms with Gasteiger partial charge in [0.1, 0.15) is 0 Å². The van der Waals surface area contributed by atoms with Gasteiger partial charge < -0.3 is 18.9 Å². The van der Waals surface area contributed by atoms with Crippen molar-refractivity contribution < 1.29 is 47.7 Å². The molecule has 1 aliphatic rings. The molecule has 0 spiro atoms. The second kappa shape index (κ2) is 11.9. The van der Waals surface area contributed by atoms with Gasteiger partial charge in [-0.25, -0.2) is 0 Å². The molecule has 0 heterocycles. The third-order valence-electron chi connectivity index (χ3n) is 5.13. The fraction of sp³-hybridized carbons (Fsp3) is 0.308. The molecule has 1 aliphatic carbocycles. The van der Waals surface area contributed by atoms with Gasteiger partial charge in [-0.15, -0.1) is 0 Å². The Labute approximate surface area is 206 Å². The van der Waals surface area contributed by atoms with Crippen LogP contribution in [0.4, 0.5) is 0 Å². The summed E-state index contributed by atoms with van der Waals surface area (Å²) in [5.74, 6) is -4.73. The second-order valence-corrected chi connectivity index (χ2v) is 7.58. The number of hydrogen-bond acceptors (Lipinski definition) is 10. The lowest BCUT2D eigenvalue weighted by Crippen LogP contribution is -2.24. The maximum Gasteiger partial charge on any atom is 0.311 e. The molecule has 0 aromatic heterocycles. The van der Waals surface area contributed by atoms with Gasteiger partial charge in [0.2, 0.25) is 0 Å². The Morgan fingerprint density at radius 3 is 1.67 bits per heavy atom. The van der Waals surface area contributed by atoms with Crippen molar-refractivity contribution in [3.8, 4) is 11.5 Å². The van der Waals surface area contributed by atoms with Crippen molar-refractivity contribution >= 4 is 35.4 Å². The summed E-state index contributed by atoms with van der Waals surface area (Å²) in [4.78, 5) is 74.4. The van der Waals surface area contributed by atoms with Crippen molar-refractivity contribution in [1.29, 1.82) is 0 Å². The molecule has 188 valence electrons. The number of esters is 4. The molecule has 0 radical (unpaired) electrons. The van der Waals surface area contributed by atoms with Crippen molar-refractivity contribution in [3.05, 3.63) is 58.7 Å². The van der Waals surface area contributed by atoms with E-state index in [4.69, 9.17) is 18.9 Å². The Morgan fingerprint density at radius 1 is 0.611 bits per heavy atom. The number of ether oxygens (including phenoxy) is 4. The zero-order chi connectivity index (χ0) is 26.2. The molecule has 36 heavy (non-hydrogen) atoms. The van der Waals surface area contributed by atoms with Crippen LogP contribution in [0.3, 0.4) is 0 Å². The van der Waals surface area contributed by atoms with E-state index in [1.807, 2.05) is 0 Å². The van der Waals surface area contributed by atoms with E-state index >= 15 is 0 Å². The molecule has 0 saturated carbocycles. The molecule has 0 atom stereocenters. The van der Waals surface area contributed by atoms with Crippen LogP contribution >= 0.6 is 0 Å². The minimum absolute atomic E-state index is 0.0294. The Bertz CT molecular complexity index is 1230. The Morgan fingerprint density at radius 2 is 1.11 bits per heavy atom. The lowest BCUT2D eigenvalue weighted by Gasteiger charge is -2.21. The van der Waals surface area contributed by atoms with Gasteiger partial charge in [-0.3, -0.25) is 28.8 Å². The van der Waals surface area contributed by atoms with E-state index in [0.717, 1.165) is 0 Å². The van der Waals surface area contributed by atoms with Crippen LogP contribution in [0.2, 0.25) is 0 Å². The predicted molar refractivity (Wildman–Crippen MR) is 123 cm³/mol. The van der Waals surface area contributed by atoms with Gasteiger partial charge in [-0.05, 0) is 26.0 Å². The van der Waals surface area contributed by atoms with Crippen LogP contribution in [0.1, 0.15) is 71.4 Å². The van der Waals surface area contributed by atoms with Crippen LogP contribution in [-0.4, -0.2) is 48.7 Å². The molecule has 10 nitrogen and oxygen atoms in total. The summed E-state index contributed by atoms with van der Waals surface area (Å²) >= 11 is 0. The summed E-state index contributed by atoms with van der Waals surface area (Å²) in [7, 11) is 0. The second-order valence-electron chi connectivity index (χ2n) is 7.58. The van der Waals surface area contributed by atoms with Crippen LogP contribution in [0.25, 0.3) is 0 Å². The standard InChI is InChI=1S/C26H24O10/c1-3-33-19(27)11-13-21(29)35-18-10-9-17-23(25(32)16-8-6-5-7-15(16)24(17)31)26(18)36-22(30)14-12-20(28)34-4-2/h5-10H,3-4,11-14H2,1-2H3. The molecule has 2 aromatic carbocycles. The lowest BCUT2D eigenvalue weighted by molar-refractivity contribution is -0.147. The fourth-order valence-electron chi connectivity index (χ4n) is 3.53. The Kier molecular flexibility index (Phi) is 8.66. The van der Waals surface area contributed by atoms with Crippen molar-refractivity contribution in [2.75, 3.05) is 13.2 Å². The van der Waals surface area contributed by atoms with Crippen LogP contribution in [0.5, 0.6) is 11.5 Å². The number of ketones is 2. The molecule has 0 unspecified atom stereocenters. The minimum Gasteiger partial charge on any atom is -0.466 e. The quantitative estimate of drug-likeness (QED) is 0.304. The van der Waals surface area contributed by atoms with Gasteiger partial charge in [0.05, 0.1) is 44.5 Å². The number of fused-ring (bicyclic) bond motifs is 2. The molecule has 0 fully saturated rings. The molecule has 3 rings (SSSR count). The number of carbonyl (C=O) groups excluding carboxylic acids is 6. The highest BCUT2D eigenvalue weighted by Crippen LogP contribution is 2.40. The van der Waals surface area contributed by atoms with Crippen LogP contribution in [-0.2, 0) is 28.7 Å². The van der Waals surface area contributed by atoms with Gasteiger partial charge in [0.25, 0.3) is 0 Å². The predicted octanol–water partition coefficient (Wildman–Crippen LogP) is 2.96. The van der Waals surface area contributed by atoms with Gasteiger partial charge in [0, 0.05) is 16.7 Å². The molecule has 0 N–H and O–H groups in total. The SMILES string of the molecule is CCOC(=O)CCC(=O)Oc1ccc2c(c1OC(=O)CCC(=O)OCC)C(=O)c1ccccc1C2=O. The average Bonchev–Trinajstić information content (AvgIpc) is 2.86. The summed E-state index contributed by atoms with van der Waals surface area (Å²) < 4.78 is 20.3. The molecular weight excluding hydrogens is 472 g/mol. The highest BCUT2D eigenvalue weighted by atomic mass is 16.6. The van der Waals surface area contributed by atoms with E-state index in [0.29, 0.717) is 0 Å². The molecular formula is C26H24O10. The monoisotopic (exact) mass is 496 g/mol. The maximum atomic E-state index is 13.3. The highest BCUT2D eigenvalue weighted by molar-refractivity contribution is 6.29. The summed E-state index contributed by atoms with van der Waals surface area (Å²) in [5.41, 5.74) is 0.0236. The van der Waals surface area contributed by atoms with Gasteiger partial charge >= 0.3 is 23.9 Å². The lowest BCUT2D eigenvalue weighted by atomic mass is 9.83. The van der Waals surface area contributed by atoms with E-state index < -0.39 is 41.2 Å². The molecule has 0 aliphatic heterocycles. The topological polar surface area (TPSA) is 139 Å². The first-order valence-corrected chi connectivity index (χ1v) is 11.3.